The Balaban J connectivity index is 2.14. The molecule has 100 valence electrons. The Kier molecular flexibility index (Phi) is 4.97. The highest BCUT2D eigenvalue weighted by molar-refractivity contribution is 9.10. The zero-order valence-corrected chi connectivity index (χ0v) is 12.5. The Morgan fingerprint density at radius 2 is 2.44 bits per heavy atom. The second-order valence-corrected chi connectivity index (χ2v) is 5.25. The molecule has 0 bridgehead atoms. The van der Waals surface area contributed by atoms with Gasteiger partial charge in [0.1, 0.15) is 4.60 Å². The molecule has 1 saturated heterocycles. The molecule has 0 aromatic carbocycles. The van der Waals surface area contributed by atoms with Gasteiger partial charge in [0, 0.05) is 19.3 Å². The van der Waals surface area contributed by atoms with Crippen molar-refractivity contribution in [3.63, 3.8) is 0 Å². The summed E-state index contributed by atoms with van der Waals surface area (Å²) in [6.45, 7) is 4.81. The molecule has 5 heteroatoms. The van der Waals surface area contributed by atoms with E-state index in [2.05, 4.69) is 37.4 Å². The summed E-state index contributed by atoms with van der Waals surface area (Å²) < 4.78 is 6.37. The third kappa shape index (κ3) is 3.22. The van der Waals surface area contributed by atoms with E-state index in [-0.39, 0.29) is 0 Å². The Hall–Kier alpha value is -0.650. The van der Waals surface area contributed by atoms with E-state index in [0.29, 0.717) is 12.5 Å². The molecule has 1 fully saturated rings. The van der Waals surface area contributed by atoms with Gasteiger partial charge in [-0.05, 0) is 60.3 Å². The maximum atomic E-state index is 5.58. The van der Waals surface area contributed by atoms with Crippen molar-refractivity contribution >= 4 is 15.9 Å². The van der Waals surface area contributed by atoms with Crippen LogP contribution in [0, 0.1) is 0 Å². The molecule has 0 radical (unpaired) electrons. The fourth-order valence-corrected chi connectivity index (χ4v) is 2.71. The number of nitrogens with one attached hydrogen (secondary N) is 1. The number of halogens is 1. The predicted octanol–water partition coefficient (Wildman–Crippen LogP) is 2.56. The van der Waals surface area contributed by atoms with E-state index in [4.69, 9.17) is 4.74 Å². The van der Waals surface area contributed by atoms with Gasteiger partial charge in [-0.25, -0.2) is 9.99 Å². The molecule has 0 amide bonds. The van der Waals surface area contributed by atoms with Crippen molar-refractivity contribution < 1.29 is 4.74 Å². The smallest absolute Gasteiger partial charge is 0.152 e. The average Bonchev–Trinajstić information content (AvgIpc) is 2.41. The molecule has 1 aromatic rings. The van der Waals surface area contributed by atoms with Crippen molar-refractivity contribution in [2.24, 2.45) is 0 Å². The van der Waals surface area contributed by atoms with E-state index in [1.807, 2.05) is 20.2 Å². The largest absolute Gasteiger partial charge is 0.491 e. The lowest BCUT2D eigenvalue weighted by Crippen LogP contribution is -2.42. The molecule has 2 rings (SSSR count). The molecule has 0 spiro atoms. The Labute approximate surface area is 117 Å². The monoisotopic (exact) mass is 313 g/mol. The van der Waals surface area contributed by atoms with Crippen LogP contribution in [-0.2, 0) is 0 Å². The van der Waals surface area contributed by atoms with Crippen LogP contribution in [-0.4, -0.2) is 36.7 Å². The summed E-state index contributed by atoms with van der Waals surface area (Å²) in [5.41, 5.74) is 4.49. The minimum atomic E-state index is 0.533. The van der Waals surface area contributed by atoms with Gasteiger partial charge >= 0.3 is 0 Å². The molecule has 1 N–H and O–H groups in total. The number of pyridine rings is 1. The number of hydrogen-bond donors (Lipinski definition) is 1. The highest BCUT2D eigenvalue weighted by Gasteiger charge is 2.21. The van der Waals surface area contributed by atoms with Crippen molar-refractivity contribution in [2.75, 3.05) is 26.7 Å². The second-order valence-electron chi connectivity index (χ2n) is 4.50. The minimum absolute atomic E-state index is 0.533. The van der Waals surface area contributed by atoms with Crippen molar-refractivity contribution in [1.29, 1.82) is 0 Å². The molecule has 1 aliphatic heterocycles. The summed E-state index contributed by atoms with van der Waals surface area (Å²) in [5.74, 6) is 1.38. The van der Waals surface area contributed by atoms with Gasteiger partial charge in [0.2, 0.25) is 0 Å². The maximum Gasteiger partial charge on any atom is 0.152 e. The Bertz CT molecular complexity index is 400. The van der Waals surface area contributed by atoms with Crippen molar-refractivity contribution in [1.82, 2.24) is 15.4 Å². The lowest BCUT2D eigenvalue weighted by Gasteiger charge is -2.32. The standard InChI is InChI=1S/C13H20BrN3O/c1-3-18-12-7-11(8-16-13(12)14)10-5-4-6-17(9-10)15-2/h7-8,10,15H,3-6,9H2,1-2H3/t10-/m1/s1. The quantitative estimate of drug-likeness (QED) is 0.867. The normalized spacial score (nSPS) is 20.9. The number of hydrogen-bond acceptors (Lipinski definition) is 4. The first-order valence-corrected chi connectivity index (χ1v) is 7.24. The molecule has 0 unspecified atom stereocenters. The summed E-state index contributed by atoms with van der Waals surface area (Å²) in [7, 11) is 1.98. The van der Waals surface area contributed by atoms with Gasteiger partial charge in [0.05, 0.1) is 6.61 Å². The van der Waals surface area contributed by atoms with Gasteiger partial charge < -0.3 is 4.74 Å². The highest BCUT2D eigenvalue weighted by atomic mass is 79.9. The molecule has 18 heavy (non-hydrogen) atoms. The zero-order chi connectivity index (χ0) is 13.0. The molecule has 0 saturated carbocycles. The summed E-state index contributed by atoms with van der Waals surface area (Å²) >= 11 is 3.42. The summed E-state index contributed by atoms with van der Waals surface area (Å²) in [6.07, 6.45) is 4.38. The molecule has 1 atom stereocenters. The SMILES string of the molecule is CCOc1cc([C@@H]2CCCN(NC)C2)cnc1Br. The van der Waals surface area contributed by atoms with E-state index < -0.39 is 0 Å². The molecule has 0 aliphatic carbocycles. The average molecular weight is 314 g/mol. The van der Waals surface area contributed by atoms with Gasteiger partial charge in [-0.1, -0.05) is 0 Å². The van der Waals surface area contributed by atoms with Crippen LogP contribution in [0.4, 0.5) is 0 Å². The maximum absolute atomic E-state index is 5.58. The first-order chi connectivity index (χ1) is 8.74. The van der Waals surface area contributed by atoms with Crippen molar-refractivity contribution in [3.8, 4) is 5.75 Å². The van der Waals surface area contributed by atoms with Gasteiger partial charge in [-0.3, -0.25) is 5.43 Å². The Morgan fingerprint density at radius 1 is 1.61 bits per heavy atom. The zero-order valence-electron chi connectivity index (χ0n) is 10.9. The molecule has 1 aromatic heterocycles. The molecule has 2 heterocycles. The molecule has 1 aliphatic rings. The minimum Gasteiger partial charge on any atom is -0.491 e. The summed E-state index contributed by atoms with van der Waals surface area (Å²) in [6, 6.07) is 2.12. The van der Waals surface area contributed by atoms with Gasteiger partial charge in [0.15, 0.2) is 5.75 Å². The molecular formula is C13H20BrN3O. The number of nitrogens with zero attached hydrogens (tertiary/aromatic N) is 2. The number of aromatic nitrogens is 1. The van der Waals surface area contributed by atoms with Crippen LogP contribution in [0.3, 0.4) is 0 Å². The fourth-order valence-electron chi connectivity index (χ4n) is 2.38. The van der Waals surface area contributed by atoms with E-state index in [1.54, 1.807) is 0 Å². The van der Waals surface area contributed by atoms with Crippen molar-refractivity contribution in [3.05, 3.63) is 22.4 Å². The van der Waals surface area contributed by atoms with E-state index >= 15 is 0 Å². The van der Waals surface area contributed by atoms with Crippen LogP contribution < -0.4 is 10.2 Å². The van der Waals surface area contributed by atoms with Crippen LogP contribution in [0.1, 0.15) is 31.2 Å². The summed E-state index contributed by atoms with van der Waals surface area (Å²) in [5, 5.41) is 2.26. The number of piperidine rings is 1. The third-order valence-corrected chi connectivity index (χ3v) is 3.93. The van der Waals surface area contributed by atoms with Crippen LogP contribution in [0.25, 0.3) is 0 Å². The Morgan fingerprint density at radius 3 is 3.17 bits per heavy atom. The number of hydrazine groups is 1. The number of rotatable bonds is 4. The first-order valence-electron chi connectivity index (χ1n) is 6.45. The van der Waals surface area contributed by atoms with E-state index in [9.17, 15) is 0 Å². The van der Waals surface area contributed by atoms with Gasteiger partial charge in [-0.2, -0.15) is 0 Å². The van der Waals surface area contributed by atoms with Crippen LogP contribution in [0.15, 0.2) is 16.9 Å². The van der Waals surface area contributed by atoms with Crippen LogP contribution >= 0.6 is 15.9 Å². The lowest BCUT2D eigenvalue weighted by molar-refractivity contribution is 0.154. The summed E-state index contributed by atoms with van der Waals surface area (Å²) in [4.78, 5) is 4.38. The van der Waals surface area contributed by atoms with Gasteiger partial charge in [-0.15, -0.1) is 0 Å². The van der Waals surface area contributed by atoms with Crippen LogP contribution in [0.2, 0.25) is 0 Å². The molecule has 4 nitrogen and oxygen atoms in total. The van der Waals surface area contributed by atoms with E-state index in [1.165, 1.54) is 18.4 Å². The third-order valence-electron chi connectivity index (χ3n) is 3.34. The van der Waals surface area contributed by atoms with E-state index in [0.717, 1.165) is 23.4 Å². The fraction of sp³-hybridized carbons (Fsp3) is 0.615. The topological polar surface area (TPSA) is 37.4 Å². The van der Waals surface area contributed by atoms with Gasteiger partial charge in [0.25, 0.3) is 0 Å². The number of ether oxygens (including phenoxy) is 1. The highest BCUT2D eigenvalue weighted by Crippen LogP contribution is 2.31. The van der Waals surface area contributed by atoms with Crippen LogP contribution in [0.5, 0.6) is 5.75 Å². The predicted molar refractivity (Wildman–Crippen MR) is 75.7 cm³/mol. The second kappa shape index (κ2) is 6.50. The van der Waals surface area contributed by atoms with Crippen molar-refractivity contribution in [2.45, 2.75) is 25.7 Å². The first kappa shape index (κ1) is 13.8. The molecular weight excluding hydrogens is 294 g/mol. The lowest BCUT2D eigenvalue weighted by atomic mass is 9.92.